The number of hydrogen-bond donors (Lipinski definition) is 3. The van der Waals surface area contributed by atoms with Gasteiger partial charge in [0.2, 0.25) is 5.91 Å². The number of fused-ring (bicyclic) bond motifs is 1. The summed E-state index contributed by atoms with van der Waals surface area (Å²) in [4.78, 5) is 26.8. The molecule has 0 spiro atoms. The highest BCUT2D eigenvalue weighted by atomic mass is 79.9. The summed E-state index contributed by atoms with van der Waals surface area (Å²) in [5.74, 6) is 0.786. The number of aromatic amines is 1. The van der Waals surface area contributed by atoms with Crippen LogP contribution >= 0.6 is 15.9 Å². The summed E-state index contributed by atoms with van der Waals surface area (Å²) in [5.41, 5.74) is 7.50. The van der Waals surface area contributed by atoms with Gasteiger partial charge in [0.25, 0.3) is 0 Å². The van der Waals surface area contributed by atoms with E-state index in [-0.39, 0.29) is 11.9 Å². The molecule has 1 saturated heterocycles. The van der Waals surface area contributed by atoms with Gasteiger partial charge in [-0.3, -0.25) is 4.79 Å². The average Bonchev–Trinajstić information content (AvgIpc) is 3.18. The lowest BCUT2D eigenvalue weighted by Crippen LogP contribution is -2.60. The number of amides is 1. The highest BCUT2D eigenvalue weighted by molar-refractivity contribution is 9.10. The third kappa shape index (κ3) is 3.62. The number of hydrogen-bond acceptors (Lipinski definition) is 5. The summed E-state index contributed by atoms with van der Waals surface area (Å²) in [6.07, 6.45) is 4.56. The first-order valence-corrected chi connectivity index (χ1v) is 10.1. The molecule has 28 heavy (non-hydrogen) atoms. The van der Waals surface area contributed by atoms with Gasteiger partial charge in [0.15, 0.2) is 0 Å². The third-order valence-electron chi connectivity index (χ3n) is 5.46. The van der Waals surface area contributed by atoms with Crippen LogP contribution in [0.25, 0.3) is 11.0 Å². The average molecular weight is 443 g/mol. The Bertz CT molecular complexity index is 978. The third-order valence-corrected chi connectivity index (χ3v) is 5.99. The number of carbonyl (C=O) groups excluding carboxylic acids is 1. The van der Waals surface area contributed by atoms with Crippen molar-refractivity contribution in [3.8, 4) is 0 Å². The molecule has 0 radical (unpaired) electrons. The lowest BCUT2D eigenvalue weighted by molar-refractivity contribution is -0.127. The predicted octanol–water partition coefficient (Wildman–Crippen LogP) is 2.90. The molecule has 8 heteroatoms. The molecule has 7 nitrogen and oxygen atoms in total. The van der Waals surface area contributed by atoms with Crippen LogP contribution in [0.4, 0.5) is 5.82 Å². The molecule has 2 aromatic heterocycles. The Morgan fingerprint density at radius 3 is 2.68 bits per heavy atom. The smallest absolute Gasteiger partial charge is 0.240 e. The Morgan fingerprint density at radius 2 is 1.96 bits per heavy atom. The molecular weight excluding hydrogens is 420 g/mol. The fourth-order valence-electron chi connectivity index (χ4n) is 3.63. The minimum absolute atomic E-state index is 0.0969. The molecule has 1 aliphatic heterocycles. The van der Waals surface area contributed by atoms with Gasteiger partial charge >= 0.3 is 0 Å². The van der Waals surface area contributed by atoms with Gasteiger partial charge in [-0.05, 0) is 43.5 Å². The number of nitrogens with zero attached hydrogens (tertiary/aromatic N) is 3. The van der Waals surface area contributed by atoms with Gasteiger partial charge < -0.3 is 20.9 Å². The fraction of sp³-hybridized carbons (Fsp3) is 0.350. The molecule has 0 saturated carbocycles. The van der Waals surface area contributed by atoms with E-state index in [2.05, 4.69) is 41.1 Å². The van der Waals surface area contributed by atoms with Crippen molar-refractivity contribution in [2.45, 2.75) is 31.3 Å². The monoisotopic (exact) mass is 442 g/mol. The molecule has 4 rings (SSSR count). The molecule has 1 aromatic carbocycles. The van der Waals surface area contributed by atoms with Crippen molar-refractivity contribution in [1.29, 1.82) is 0 Å². The van der Waals surface area contributed by atoms with Gasteiger partial charge in [0.1, 0.15) is 17.8 Å². The summed E-state index contributed by atoms with van der Waals surface area (Å²) in [7, 11) is 0. The zero-order valence-corrected chi connectivity index (χ0v) is 17.2. The Morgan fingerprint density at radius 1 is 1.25 bits per heavy atom. The Balaban J connectivity index is 1.42. The van der Waals surface area contributed by atoms with Crippen molar-refractivity contribution in [1.82, 2.24) is 20.3 Å². The maximum Gasteiger partial charge on any atom is 0.240 e. The fourth-order valence-corrected chi connectivity index (χ4v) is 3.89. The number of carbonyl (C=O) groups is 1. The number of nitrogens with two attached hydrogens (primary N) is 1. The number of nitrogens with one attached hydrogen (secondary N) is 2. The molecule has 0 bridgehead atoms. The van der Waals surface area contributed by atoms with Crippen LogP contribution in [0.1, 0.15) is 31.4 Å². The Labute approximate surface area is 171 Å². The van der Waals surface area contributed by atoms with E-state index in [1.54, 1.807) is 6.33 Å². The first kappa shape index (κ1) is 18.9. The molecule has 1 atom stereocenters. The van der Waals surface area contributed by atoms with Crippen molar-refractivity contribution in [3.63, 3.8) is 0 Å². The maximum absolute atomic E-state index is 12.9. The SMILES string of the molecule is CC(NC(=O)C1(N)CCN(c2ncnc3[nH]ccc23)CC1)c1ccc(Br)cc1. The van der Waals surface area contributed by atoms with Crippen molar-refractivity contribution < 1.29 is 4.79 Å². The number of piperidine rings is 1. The van der Waals surface area contributed by atoms with Gasteiger partial charge in [-0.25, -0.2) is 9.97 Å². The van der Waals surface area contributed by atoms with E-state index in [9.17, 15) is 4.79 Å². The summed E-state index contributed by atoms with van der Waals surface area (Å²) in [6, 6.07) is 9.81. The van der Waals surface area contributed by atoms with Crippen molar-refractivity contribution in [2.24, 2.45) is 5.73 Å². The van der Waals surface area contributed by atoms with Crippen molar-refractivity contribution in [2.75, 3.05) is 18.0 Å². The Kier molecular flexibility index (Phi) is 5.07. The lowest BCUT2D eigenvalue weighted by Gasteiger charge is -2.39. The minimum Gasteiger partial charge on any atom is -0.356 e. The van der Waals surface area contributed by atoms with E-state index in [1.165, 1.54) is 0 Å². The van der Waals surface area contributed by atoms with Crippen LogP contribution in [0.15, 0.2) is 47.3 Å². The zero-order valence-electron chi connectivity index (χ0n) is 15.7. The van der Waals surface area contributed by atoms with Gasteiger partial charge in [0, 0.05) is 23.8 Å². The van der Waals surface area contributed by atoms with Crippen LogP contribution in [-0.4, -0.2) is 39.5 Å². The van der Waals surface area contributed by atoms with E-state index < -0.39 is 5.54 Å². The number of aromatic nitrogens is 3. The molecule has 146 valence electrons. The maximum atomic E-state index is 12.9. The van der Waals surface area contributed by atoms with Gasteiger partial charge in [-0.1, -0.05) is 28.1 Å². The first-order valence-electron chi connectivity index (χ1n) is 9.35. The van der Waals surface area contributed by atoms with E-state index in [0.717, 1.165) is 26.9 Å². The van der Waals surface area contributed by atoms with Gasteiger partial charge in [0.05, 0.1) is 17.0 Å². The summed E-state index contributed by atoms with van der Waals surface area (Å²) < 4.78 is 1.01. The van der Waals surface area contributed by atoms with Crippen LogP contribution in [0.2, 0.25) is 0 Å². The van der Waals surface area contributed by atoms with Crippen LogP contribution in [0.3, 0.4) is 0 Å². The summed E-state index contributed by atoms with van der Waals surface area (Å²) >= 11 is 3.43. The molecule has 3 heterocycles. The highest BCUT2D eigenvalue weighted by Gasteiger charge is 2.38. The molecular formula is C20H23BrN6O. The highest BCUT2D eigenvalue weighted by Crippen LogP contribution is 2.28. The Hall–Kier alpha value is -2.45. The zero-order chi connectivity index (χ0) is 19.7. The summed E-state index contributed by atoms with van der Waals surface area (Å²) in [6.45, 7) is 3.32. The van der Waals surface area contributed by atoms with Gasteiger partial charge in [-0.15, -0.1) is 0 Å². The molecule has 1 fully saturated rings. The number of rotatable bonds is 4. The van der Waals surface area contributed by atoms with Crippen LogP contribution in [0.5, 0.6) is 0 Å². The number of anilines is 1. The molecule has 0 aliphatic carbocycles. The van der Waals surface area contributed by atoms with Crippen molar-refractivity contribution >= 4 is 38.7 Å². The number of benzene rings is 1. The largest absolute Gasteiger partial charge is 0.356 e. The van der Waals surface area contributed by atoms with Gasteiger partial charge in [-0.2, -0.15) is 0 Å². The van der Waals surface area contributed by atoms with Crippen molar-refractivity contribution in [3.05, 3.63) is 52.9 Å². The minimum atomic E-state index is -0.871. The second kappa shape index (κ2) is 7.52. The second-order valence-electron chi connectivity index (χ2n) is 7.33. The van der Waals surface area contributed by atoms with E-state index in [4.69, 9.17) is 5.73 Å². The van der Waals surface area contributed by atoms with E-state index >= 15 is 0 Å². The van der Waals surface area contributed by atoms with Crippen LogP contribution in [0, 0.1) is 0 Å². The molecule has 3 aromatic rings. The number of H-pyrrole nitrogens is 1. The predicted molar refractivity (Wildman–Crippen MR) is 113 cm³/mol. The summed E-state index contributed by atoms with van der Waals surface area (Å²) in [5, 5.41) is 4.06. The topological polar surface area (TPSA) is 99.9 Å². The second-order valence-corrected chi connectivity index (χ2v) is 8.24. The quantitative estimate of drug-likeness (QED) is 0.576. The van der Waals surface area contributed by atoms with E-state index in [0.29, 0.717) is 25.9 Å². The molecule has 1 aliphatic rings. The molecule has 1 unspecified atom stereocenters. The first-order chi connectivity index (χ1) is 13.5. The van der Waals surface area contributed by atoms with Crippen LogP contribution in [-0.2, 0) is 4.79 Å². The standard InChI is InChI=1S/C20H23BrN6O/c1-13(14-2-4-15(21)5-3-14)26-19(28)20(22)7-10-27(11-8-20)18-16-6-9-23-17(16)24-12-25-18/h2-6,9,12-13H,7-8,10-11,22H2,1H3,(H,26,28)(H,23,24,25). The lowest BCUT2D eigenvalue weighted by atomic mass is 9.87. The molecule has 1 amide bonds. The molecule has 4 N–H and O–H groups in total. The number of halogens is 1. The van der Waals surface area contributed by atoms with E-state index in [1.807, 2.05) is 43.5 Å². The van der Waals surface area contributed by atoms with Crippen LogP contribution < -0.4 is 16.0 Å². The normalized spacial score (nSPS) is 17.5.